The van der Waals surface area contributed by atoms with E-state index < -0.39 is 56.0 Å². The van der Waals surface area contributed by atoms with Gasteiger partial charge in [0.2, 0.25) is 11.8 Å². The minimum absolute atomic E-state index is 0.0301. The van der Waals surface area contributed by atoms with Crippen LogP contribution in [-0.2, 0) is 9.59 Å². The van der Waals surface area contributed by atoms with Crippen LogP contribution in [0.1, 0.15) is 30.5 Å². The molecule has 1 aliphatic carbocycles. The van der Waals surface area contributed by atoms with Gasteiger partial charge in [0.05, 0.1) is 42.5 Å². The summed E-state index contributed by atoms with van der Waals surface area (Å²) in [6.07, 6.45) is 2.73. The van der Waals surface area contributed by atoms with Gasteiger partial charge in [-0.3, -0.25) is 19.5 Å². The SMILES string of the molecule is O=C1[C@@H]2[C@@H](CC(CO)=C([C@H](O)CC/C(=C/c3cc(Br)ccc3O)c3ccccn3)[C@@H]2CO)C(=O)N1c1cccc(B(O)O)c1. The number of benzene rings is 2. The number of carbonyl (C=O) groups excluding carboxylic acids is 2. The first-order chi connectivity index (χ1) is 21.1. The molecule has 6 N–H and O–H groups in total. The molecule has 44 heavy (non-hydrogen) atoms. The predicted molar refractivity (Wildman–Crippen MR) is 168 cm³/mol. The van der Waals surface area contributed by atoms with Crippen LogP contribution in [0.2, 0.25) is 0 Å². The maximum Gasteiger partial charge on any atom is 0.488 e. The predicted octanol–water partition coefficient (Wildman–Crippen LogP) is 2.02. The lowest BCUT2D eigenvalue weighted by Crippen LogP contribution is -2.39. The number of hydrogen-bond donors (Lipinski definition) is 6. The van der Waals surface area contributed by atoms with Crippen molar-refractivity contribution in [3.8, 4) is 5.75 Å². The molecule has 2 heterocycles. The van der Waals surface area contributed by atoms with E-state index in [1.165, 1.54) is 24.3 Å². The molecule has 3 aromatic rings. The highest BCUT2D eigenvalue weighted by Crippen LogP contribution is 2.47. The number of imide groups is 1. The number of allylic oxidation sites excluding steroid dienone is 1. The molecule has 1 saturated heterocycles. The second-order valence-electron chi connectivity index (χ2n) is 11.0. The number of aliphatic hydroxyl groups excluding tert-OH is 3. The van der Waals surface area contributed by atoms with Crippen LogP contribution in [0.15, 0.2) is 82.5 Å². The van der Waals surface area contributed by atoms with Crippen LogP contribution in [0.3, 0.4) is 0 Å². The molecule has 1 fully saturated rings. The highest BCUT2D eigenvalue weighted by Gasteiger charge is 2.55. The average molecular weight is 663 g/mol. The molecule has 228 valence electrons. The van der Waals surface area contributed by atoms with Gasteiger partial charge in [-0.2, -0.15) is 0 Å². The molecule has 4 atom stereocenters. The van der Waals surface area contributed by atoms with Crippen molar-refractivity contribution in [3.05, 3.63) is 93.7 Å². The molecule has 0 saturated carbocycles. The largest absolute Gasteiger partial charge is 0.507 e. The van der Waals surface area contributed by atoms with Crippen molar-refractivity contribution in [2.45, 2.75) is 25.4 Å². The highest BCUT2D eigenvalue weighted by atomic mass is 79.9. The summed E-state index contributed by atoms with van der Waals surface area (Å²) in [6, 6.07) is 16.3. The van der Waals surface area contributed by atoms with Gasteiger partial charge >= 0.3 is 7.12 Å². The smallest absolute Gasteiger partial charge is 0.488 e. The van der Waals surface area contributed by atoms with E-state index in [4.69, 9.17) is 0 Å². The number of aromatic hydroxyl groups is 1. The van der Waals surface area contributed by atoms with Crippen LogP contribution in [0, 0.1) is 17.8 Å². The fourth-order valence-electron chi connectivity index (χ4n) is 6.29. The minimum atomic E-state index is -1.79. The Bertz CT molecular complexity index is 1610. The monoisotopic (exact) mass is 662 g/mol. The van der Waals surface area contributed by atoms with E-state index in [9.17, 15) is 40.1 Å². The molecule has 1 aliphatic heterocycles. The van der Waals surface area contributed by atoms with Gasteiger partial charge in [-0.1, -0.05) is 34.1 Å². The number of phenols is 1. The lowest BCUT2D eigenvalue weighted by molar-refractivity contribution is -0.123. The van der Waals surface area contributed by atoms with Crippen molar-refractivity contribution in [3.63, 3.8) is 0 Å². The summed E-state index contributed by atoms with van der Waals surface area (Å²) < 4.78 is 0.770. The zero-order chi connectivity index (χ0) is 31.5. The van der Waals surface area contributed by atoms with Gasteiger partial charge in [-0.05, 0) is 90.0 Å². The van der Waals surface area contributed by atoms with E-state index >= 15 is 0 Å². The standard InChI is InChI=1S/C32H32BBrN2O8/c34-22-8-10-27(39)19(13-22)12-18(26-6-1-2-11-35-26)7-9-28(40)29-20(16-37)14-24-30(25(29)17-38)32(42)36(31(24)41)23-5-3-4-21(15-23)33(43)44/h1-6,8,10-13,15,24-25,28,30,37-40,43-44H,7,9,14,16-17H2/b18-12-/t24-,25+,28-,30-/m1/s1. The third-order valence-electron chi connectivity index (χ3n) is 8.36. The van der Waals surface area contributed by atoms with E-state index in [1.807, 2.05) is 12.1 Å². The summed E-state index contributed by atoms with van der Waals surface area (Å²) in [6.45, 7) is -0.997. The summed E-state index contributed by atoms with van der Waals surface area (Å²) >= 11 is 3.42. The Labute approximate surface area is 262 Å². The molecule has 12 heteroatoms. The lowest BCUT2D eigenvalue weighted by Gasteiger charge is -2.36. The van der Waals surface area contributed by atoms with Crippen molar-refractivity contribution in [2.24, 2.45) is 17.8 Å². The first-order valence-electron chi connectivity index (χ1n) is 14.2. The molecule has 0 bridgehead atoms. The summed E-state index contributed by atoms with van der Waals surface area (Å²) in [5.74, 6) is -3.76. The molecule has 2 amide bonds. The van der Waals surface area contributed by atoms with Crippen LogP contribution in [0.4, 0.5) is 5.69 Å². The zero-order valence-electron chi connectivity index (χ0n) is 23.6. The molecular weight excluding hydrogens is 631 g/mol. The molecular formula is C32H32BBrN2O8. The number of nitrogens with zero attached hydrogens (tertiary/aromatic N) is 2. The molecule has 2 aliphatic rings. The van der Waals surface area contributed by atoms with Crippen molar-refractivity contribution in [1.82, 2.24) is 4.98 Å². The number of fused-ring (bicyclic) bond motifs is 1. The number of rotatable bonds is 10. The van der Waals surface area contributed by atoms with Gasteiger partial charge in [-0.15, -0.1) is 0 Å². The Balaban J connectivity index is 1.44. The fraction of sp³-hybridized carbons (Fsp3) is 0.281. The van der Waals surface area contributed by atoms with Gasteiger partial charge in [0.1, 0.15) is 5.75 Å². The van der Waals surface area contributed by atoms with Crippen molar-refractivity contribution < 1.29 is 40.1 Å². The Kier molecular flexibility index (Phi) is 9.79. The van der Waals surface area contributed by atoms with Crippen LogP contribution < -0.4 is 10.4 Å². The van der Waals surface area contributed by atoms with E-state index in [2.05, 4.69) is 20.9 Å². The average Bonchev–Trinajstić information content (AvgIpc) is 3.28. The Hall–Kier alpha value is -3.65. The van der Waals surface area contributed by atoms with E-state index in [0.717, 1.165) is 14.9 Å². The van der Waals surface area contributed by atoms with Crippen LogP contribution in [0.5, 0.6) is 5.75 Å². The number of amides is 2. The second kappa shape index (κ2) is 13.6. The van der Waals surface area contributed by atoms with E-state index in [0.29, 0.717) is 28.8 Å². The Morgan fingerprint density at radius 2 is 1.86 bits per heavy atom. The summed E-state index contributed by atoms with van der Waals surface area (Å²) in [4.78, 5) is 32.7. The first-order valence-corrected chi connectivity index (χ1v) is 15.0. The van der Waals surface area contributed by atoms with Crippen LogP contribution >= 0.6 is 15.9 Å². The summed E-state index contributed by atoms with van der Waals surface area (Å²) in [5.41, 5.74) is 2.92. The quantitative estimate of drug-likeness (QED) is 0.108. The number of pyridine rings is 1. The number of halogens is 1. The normalized spacial score (nSPS) is 21.1. The van der Waals surface area contributed by atoms with Gasteiger partial charge in [0.15, 0.2) is 0 Å². The van der Waals surface area contributed by atoms with E-state index in [-0.39, 0.29) is 29.7 Å². The topological polar surface area (TPSA) is 172 Å². The highest BCUT2D eigenvalue weighted by molar-refractivity contribution is 9.10. The first kappa shape index (κ1) is 31.8. The maximum atomic E-state index is 13.7. The lowest BCUT2D eigenvalue weighted by atomic mass is 9.68. The third-order valence-corrected chi connectivity index (χ3v) is 8.85. The number of anilines is 1. The summed E-state index contributed by atoms with van der Waals surface area (Å²) in [5, 5.41) is 62.0. The van der Waals surface area contributed by atoms with E-state index in [1.54, 1.807) is 36.5 Å². The number of aliphatic hydroxyl groups is 3. The third kappa shape index (κ3) is 6.27. The molecule has 1 aromatic heterocycles. The molecule has 0 unspecified atom stereocenters. The van der Waals surface area contributed by atoms with Crippen molar-refractivity contribution in [2.75, 3.05) is 18.1 Å². The fourth-order valence-corrected chi connectivity index (χ4v) is 6.67. The van der Waals surface area contributed by atoms with Gasteiger partial charge in [0.25, 0.3) is 0 Å². The molecule has 5 rings (SSSR count). The molecule has 10 nitrogen and oxygen atoms in total. The summed E-state index contributed by atoms with van der Waals surface area (Å²) in [7, 11) is -1.79. The molecule has 0 radical (unpaired) electrons. The van der Waals surface area contributed by atoms with Gasteiger partial charge in [0, 0.05) is 22.2 Å². The maximum absolute atomic E-state index is 13.7. The molecule has 2 aromatic carbocycles. The Morgan fingerprint density at radius 3 is 2.55 bits per heavy atom. The van der Waals surface area contributed by atoms with Gasteiger partial charge in [-0.25, -0.2) is 0 Å². The van der Waals surface area contributed by atoms with Crippen molar-refractivity contribution >= 4 is 57.7 Å². The number of hydrogen-bond acceptors (Lipinski definition) is 9. The van der Waals surface area contributed by atoms with Gasteiger partial charge < -0.3 is 30.5 Å². The number of phenolic OH excluding ortho intramolecular Hbond substituents is 1. The van der Waals surface area contributed by atoms with Crippen LogP contribution in [0.25, 0.3) is 11.6 Å². The second-order valence-corrected chi connectivity index (χ2v) is 11.9. The number of aromatic nitrogens is 1. The zero-order valence-corrected chi connectivity index (χ0v) is 25.2. The Morgan fingerprint density at radius 1 is 1.07 bits per heavy atom. The molecule has 0 spiro atoms. The minimum Gasteiger partial charge on any atom is -0.507 e. The van der Waals surface area contributed by atoms with Crippen LogP contribution in [-0.4, -0.2) is 73.7 Å². The number of carbonyl (C=O) groups is 2. The van der Waals surface area contributed by atoms with Crippen molar-refractivity contribution in [1.29, 1.82) is 0 Å².